The number of unbranched alkanes of at least 4 members (excludes halogenated alkanes) is 4. The van der Waals surface area contributed by atoms with Crippen LogP contribution in [-0.2, 0) is 19.0 Å². The first-order valence-corrected chi connectivity index (χ1v) is 9.53. The number of rotatable bonds is 11. The van der Waals surface area contributed by atoms with E-state index in [1.807, 2.05) is 0 Å². The van der Waals surface area contributed by atoms with Gasteiger partial charge in [-0.25, -0.2) is 0 Å². The Balaban J connectivity index is 1.87. The van der Waals surface area contributed by atoms with Gasteiger partial charge in [0.15, 0.2) is 5.76 Å². The molecule has 0 aliphatic carbocycles. The van der Waals surface area contributed by atoms with Gasteiger partial charge in [0.25, 0.3) is 0 Å². The van der Waals surface area contributed by atoms with Crippen molar-refractivity contribution >= 4 is 5.97 Å². The molecule has 2 rings (SSSR count). The monoisotopic (exact) mass is 386 g/mol. The summed E-state index contributed by atoms with van der Waals surface area (Å²) in [4.78, 5) is 11.9. The van der Waals surface area contributed by atoms with Gasteiger partial charge in [-0.15, -0.1) is 0 Å². The third-order valence-electron chi connectivity index (χ3n) is 4.53. The summed E-state index contributed by atoms with van der Waals surface area (Å²) in [6.07, 6.45) is 1.31. The molecule has 8 nitrogen and oxygen atoms in total. The summed E-state index contributed by atoms with van der Waals surface area (Å²) in [5, 5.41) is 29.5. The molecule has 1 aromatic rings. The fraction of sp³-hybridized carbons (Fsp3) is 0.737. The fourth-order valence-corrected chi connectivity index (χ4v) is 2.95. The van der Waals surface area contributed by atoms with Gasteiger partial charge in [-0.05, 0) is 18.6 Å². The highest BCUT2D eigenvalue weighted by Gasteiger charge is 2.43. The number of hydrogen-bond donors (Lipinski definition) is 3. The molecule has 1 aliphatic heterocycles. The van der Waals surface area contributed by atoms with E-state index in [1.54, 1.807) is 12.1 Å². The normalized spacial score (nSPS) is 26.7. The van der Waals surface area contributed by atoms with E-state index in [1.165, 1.54) is 6.26 Å². The molecule has 0 amide bonds. The summed E-state index contributed by atoms with van der Waals surface area (Å²) in [7, 11) is 0. The number of carbonyl (C=O) groups excluding carboxylic acids is 1. The van der Waals surface area contributed by atoms with E-state index >= 15 is 0 Å². The SMILES string of the molecule is CCCCCCCC(=O)OCC1OC(c2ccco2)OC(C(O)CO)C1O. The average molecular weight is 386 g/mol. The van der Waals surface area contributed by atoms with Gasteiger partial charge in [0.1, 0.15) is 31.0 Å². The molecular weight excluding hydrogens is 356 g/mol. The number of esters is 1. The molecule has 8 heteroatoms. The summed E-state index contributed by atoms with van der Waals surface area (Å²) in [5.74, 6) is -0.00751. The van der Waals surface area contributed by atoms with Gasteiger partial charge in [0.2, 0.25) is 6.29 Å². The zero-order valence-corrected chi connectivity index (χ0v) is 15.7. The molecule has 27 heavy (non-hydrogen) atoms. The smallest absolute Gasteiger partial charge is 0.305 e. The van der Waals surface area contributed by atoms with Crippen LogP contribution in [-0.4, -0.2) is 58.9 Å². The van der Waals surface area contributed by atoms with Crippen LogP contribution in [0.15, 0.2) is 22.8 Å². The quantitative estimate of drug-likeness (QED) is 0.388. The molecule has 0 bridgehead atoms. The van der Waals surface area contributed by atoms with Crippen molar-refractivity contribution in [2.75, 3.05) is 13.2 Å². The van der Waals surface area contributed by atoms with E-state index in [0.717, 1.165) is 32.1 Å². The lowest BCUT2D eigenvalue weighted by Crippen LogP contribution is -2.54. The van der Waals surface area contributed by atoms with E-state index in [0.29, 0.717) is 12.2 Å². The highest BCUT2D eigenvalue weighted by atomic mass is 16.7. The van der Waals surface area contributed by atoms with Crippen molar-refractivity contribution in [1.82, 2.24) is 0 Å². The Morgan fingerprint density at radius 1 is 1.26 bits per heavy atom. The number of carbonyl (C=O) groups is 1. The Morgan fingerprint density at radius 2 is 2.04 bits per heavy atom. The molecule has 3 N–H and O–H groups in total. The van der Waals surface area contributed by atoms with Gasteiger partial charge >= 0.3 is 5.97 Å². The second-order valence-corrected chi connectivity index (χ2v) is 6.71. The number of ether oxygens (including phenoxy) is 3. The lowest BCUT2D eigenvalue weighted by atomic mass is 10.0. The Bertz CT molecular complexity index is 532. The van der Waals surface area contributed by atoms with Crippen LogP contribution in [0.3, 0.4) is 0 Å². The zero-order chi connectivity index (χ0) is 19.6. The Hall–Kier alpha value is -1.45. The second-order valence-electron chi connectivity index (χ2n) is 6.71. The third-order valence-corrected chi connectivity index (χ3v) is 4.53. The van der Waals surface area contributed by atoms with Crippen molar-refractivity contribution in [2.45, 2.75) is 76.2 Å². The van der Waals surface area contributed by atoms with Crippen LogP contribution in [0.2, 0.25) is 0 Å². The highest BCUT2D eigenvalue weighted by molar-refractivity contribution is 5.69. The number of furan rings is 1. The summed E-state index contributed by atoms with van der Waals surface area (Å²) >= 11 is 0. The summed E-state index contributed by atoms with van der Waals surface area (Å²) < 4.78 is 21.6. The number of aliphatic hydroxyl groups excluding tert-OH is 3. The van der Waals surface area contributed by atoms with Gasteiger partial charge in [-0.3, -0.25) is 4.79 Å². The van der Waals surface area contributed by atoms with Crippen LogP contribution in [0, 0.1) is 0 Å². The summed E-state index contributed by atoms with van der Waals surface area (Å²) in [6.45, 7) is 1.37. The maximum absolute atomic E-state index is 11.9. The minimum Gasteiger partial charge on any atom is -0.464 e. The van der Waals surface area contributed by atoms with Crippen molar-refractivity contribution in [3.05, 3.63) is 24.2 Å². The van der Waals surface area contributed by atoms with Crippen LogP contribution in [0.1, 0.15) is 57.5 Å². The van der Waals surface area contributed by atoms with Crippen LogP contribution in [0.5, 0.6) is 0 Å². The molecule has 0 saturated carbocycles. The number of aliphatic hydroxyl groups is 3. The van der Waals surface area contributed by atoms with E-state index in [-0.39, 0.29) is 12.6 Å². The van der Waals surface area contributed by atoms with Gasteiger partial charge < -0.3 is 33.9 Å². The molecule has 1 saturated heterocycles. The van der Waals surface area contributed by atoms with Crippen LogP contribution >= 0.6 is 0 Å². The fourth-order valence-electron chi connectivity index (χ4n) is 2.95. The molecule has 1 aromatic heterocycles. The molecule has 1 aliphatic rings. The second kappa shape index (κ2) is 11.4. The first kappa shape index (κ1) is 21.8. The highest BCUT2D eigenvalue weighted by Crippen LogP contribution is 2.32. The van der Waals surface area contributed by atoms with Crippen LogP contribution in [0.4, 0.5) is 0 Å². The largest absolute Gasteiger partial charge is 0.464 e. The molecule has 5 atom stereocenters. The molecule has 0 spiro atoms. The lowest BCUT2D eigenvalue weighted by Gasteiger charge is -2.40. The van der Waals surface area contributed by atoms with Gasteiger partial charge in [-0.1, -0.05) is 32.6 Å². The Labute approximate surface area is 159 Å². The van der Waals surface area contributed by atoms with E-state index in [4.69, 9.17) is 18.6 Å². The maximum Gasteiger partial charge on any atom is 0.305 e. The maximum atomic E-state index is 11.9. The molecule has 0 aromatic carbocycles. The van der Waals surface area contributed by atoms with E-state index in [2.05, 4.69) is 6.92 Å². The van der Waals surface area contributed by atoms with Crippen molar-refractivity contribution in [3.63, 3.8) is 0 Å². The standard InChI is InChI=1S/C19H30O8/c1-2-3-4-5-6-9-16(22)25-12-15-17(23)18(13(21)11-20)27-19(26-15)14-8-7-10-24-14/h7-8,10,13,15,17-21,23H,2-6,9,11-12H2,1H3. The van der Waals surface area contributed by atoms with Crippen molar-refractivity contribution in [1.29, 1.82) is 0 Å². The minimum atomic E-state index is -1.31. The lowest BCUT2D eigenvalue weighted by molar-refractivity contribution is -0.315. The molecule has 154 valence electrons. The average Bonchev–Trinajstić information content (AvgIpc) is 3.21. The minimum absolute atomic E-state index is 0.176. The van der Waals surface area contributed by atoms with E-state index in [9.17, 15) is 20.1 Å². The van der Waals surface area contributed by atoms with Crippen molar-refractivity contribution < 1.29 is 38.7 Å². The van der Waals surface area contributed by atoms with Crippen LogP contribution in [0.25, 0.3) is 0 Å². The topological polar surface area (TPSA) is 119 Å². The number of hydrogen-bond acceptors (Lipinski definition) is 8. The predicted octanol–water partition coefficient (Wildman–Crippen LogP) is 1.68. The van der Waals surface area contributed by atoms with Gasteiger partial charge in [-0.2, -0.15) is 0 Å². The Kier molecular flexibility index (Phi) is 9.23. The zero-order valence-electron chi connectivity index (χ0n) is 15.7. The van der Waals surface area contributed by atoms with Gasteiger partial charge in [0, 0.05) is 6.42 Å². The molecular formula is C19H30O8. The van der Waals surface area contributed by atoms with Gasteiger partial charge in [0.05, 0.1) is 12.9 Å². The molecule has 0 radical (unpaired) electrons. The predicted molar refractivity (Wildman–Crippen MR) is 94.6 cm³/mol. The van der Waals surface area contributed by atoms with Crippen molar-refractivity contribution in [2.24, 2.45) is 0 Å². The first-order valence-electron chi connectivity index (χ1n) is 9.53. The Morgan fingerprint density at radius 3 is 2.70 bits per heavy atom. The molecule has 1 fully saturated rings. The first-order chi connectivity index (χ1) is 13.1. The summed E-state index contributed by atoms with van der Waals surface area (Å²) in [5.41, 5.74) is 0. The van der Waals surface area contributed by atoms with E-state index < -0.39 is 37.3 Å². The third kappa shape index (κ3) is 6.58. The van der Waals surface area contributed by atoms with Crippen LogP contribution < -0.4 is 0 Å². The summed E-state index contributed by atoms with van der Waals surface area (Å²) in [6, 6.07) is 3.28. The molecule has 2 heterocycles. The molecule has 5 unspecified atom stereocenters. The van der Waals surface area contributed by atoms with Crippen molar-refractivity contribution in [3.8, 4) is 0 Å².